The number of benzene rings is 8. The van der Waals surface area contributed by atoms with Gasteiger partial charge in [0.2, 0.25) is 0 Å². The van der Waals surface area contributed by atoms with Gasteiger partial charge in [0.25, 0.3) is 0 Å². The van der Waals surface area contributed by atoms with Crippen molar-refractivity contribution >= 4 is 48.8 Å². The molecule has 0 radical (unpaired) electrons. The molecule has 0 spiro atoms. The zero-order valence-corrected chi connectivity index (χ0v) is 55.1. The second-order valence-corrected chi connectivity index (χ2v) is 32.9. The first-order valence-corrected chi connectivity index (χ1v) is 35.3. The van der Waals surface area contributed by atoms with E-state index in [1.54, 1.807) is 12.1 Å². The van der Waals surface area contributed by atoms with Crippen molar-refractivity contribution in [1.29, 1.82) is 0 Å². The third-order valence-electron chi connectivity index (χ3n) is 16.6. The summed E-state index contributed by atoms with van der Waals surface area (Å²) in [5.41, 5.74) is 0.497. The molecule has 0 atom stereocenters. The summed E-state index contributed by atoms with van der Waals surface area (Å²) in [7, 11) is -6.32. The minimum atomic E-state index is -5.73. The molecule has 0 heterocycles. The monoisotopic (exact) mass is 1250 g/mol. The van der Waals surface area contributed by atoms with Crippen LogP contribution in [0.15, 0.2) is 233 Å². The second kappa shape index (κ2) is 27.6. The van der Waals surface area contributed by atoms with E-state index in [1.165, 1.54) is 81.6 Å². The van der Waals surface area contributed by atoms with E-state index in [9.17, 15) is 26.4 Å². The Morgan fingerprint density at radius 1 is 0.460 bits per heavy atom. The highest BCUT2D eigenvalue weighted by molar-refractivity contribution is 7.97. The van der Waals surface area contributed by atoms with Crippen LogP contribution < -0.4 is 8.92 Å². The van der Waals surface area contributed by atoms with Crippen LogP contribution in [0.5, 0.6) is 11.5 Å². The molecular weight excluding hydrogens is 1170 g/mol. The molecule has 0 aliphatic heterocycles. The molecule has 8 aromatic carbocycles. The maximum absolute atomic E-state index is 12.8. The first-order valence-electron chi connectivity index (χ1n) is 29.9. The van der Waals surface area contributed by atoms with E-state index in [1.807, 2.05) is 60.7 Å². The minimum absolute atomic E-state index is 0.0209. The number of halogens is 3. The number of hydrogen-bond donors (Lipinski definition) is 0. The smallest absolute Gasteiger partial charge is 0.481 e. The van der Waals surface area contributed by atoms with Crippen molar-refractivity contribution in [3.63, 3.8) is 0 Å². The fourth-order valence-corrected chi connectivity index (χ4v) is 18.9. The summed E-state index contributed by atoms with van der Waals surface area (Å²) in [6.07, 6.45) is 8.82. The van der Waals surface area contributed by atoms with Crippen LogP contribution in [0, 0.1) is 51.4 Å². The third-order valence-corrected chi connectivity index (χ3v) is 23.9. The van der Waals surface area contributed by atoms with Gasteiger partial charge in [0.15, 0.2) is 45.8 Å². The summed E-state index contributed by atoms with van der Waals surface area (Å²) in [5.74, 6) is 3.17. The largest absolute Gasteiger partial charge is 0.534 e. The lowest BCUT2D eigenvalue weighted by Crippen LogP contribution is -2.50. The van der Waals surface area contributed by atoms with Crippen molar-refractivity contribution < 1.29 is 40.0 Å². The van der Waals surface area contributed by atoms with Gasteiger partial charge in [0.05, 0.1) is 32.7 Å². The molecule has 4 aliphatic carbocycles. The number of aryl methyl sites for hydroxylation is 4. The molecule has 4 aliphatic rings. The average molecular weight is 1250 g/mol. The topological polar surface area (TPSA) is 78.9 Å². The fraction of sp³-hybridized carbons (Fsp3) is 0.338. The molecule has 12 rings (SSSR count). The van der Waals surface area contributed by atoms with Gasteiger partial charge in [-0.25, -0.2) is 4.79 Å². The molecule has 0 amide bonds. The van der Waals surface area contributed by atoms with Gasteiger partial charge < -0.3 is 13.7 Å². The van der Waals surface area contributed by atoms with Crippen molar-refractivity contribution in [3.05, 3.63) is 228 Å². The zero-order chi connectivity index (χ0) is 62.4. The van der Waals surface area contributed by atoms with Gasteiger partial charge in [0, 0.05) is 24.3 Å². The Hall–Kier alpha value is -6.38. The van der Waals surface area contributed by atoms with Gasteiger partial charge in [-0.3, -0.25) is 0 Å². The Kier molecular flexibility index (Phi) is 20.6. The van der Waals surface area contributed by atoms with Gasteiger partial charge in [-0.05, 0) is 200 Å². The Morgan fingerprint density at radius 3 is 1.09 bits per heavy atom. The second-order valence-electron chi connectivity index (χ2n) is 25.4. The molecule has 6 nitrogen and oxygen atoms in total. The first-order chi connectivity index (χ1) is 41.2. The van der Waals surface area contributed by atoms with Crippen molar-refractivity contribution in [2.45, 2.75) is 163 Å². The lowest BCUT2D eigenvalue weighted by atomic mass is 9.55. The molecule has 0 aromatic heterocycles. The number of hydrogen-bond acceptors (Lipinski definition) is 6. The van der Waals surface area contributed by atoms with Crippen LogP contribution in [0.25, 0.3) is 0 Å². The number of esters is 1. The highest BCUT2D eigenvalue weighted by atomic mass is 32.2. The molecule has 87 heavy (non-hydrogen) atoms. The zero-order valence-electron chi connectivity index (χ0n) is 51.8. The van der Waals surface area contributed by atoms with Crippen LogP contribution in [0.1, 0.15) is 107 Å². The van der Waals surface area contributed by atoms with E-state index in [4.69, 9.17) is 9.47 Å². The highest BCUT2D eigenvalue weighted by Crippen LogP contribution is 2.55. The van der Waals surface area contributed by atoms with Crippen LogP contribution >= 0.6 is 0 Å². The van der Waals surface area contributed by atoms with Gasteiger partial charge in [-0.15, -0.1) is 0 Å². The molecule has 0 unspecified atom stereocenters. The van der Waals surface area contributed by atoms with Crippen molar-refractivity contribution in [3.8, 4) is 11.5 Å². The number of carbonyl (C=O) groups excluding carboxylic acids is 1. The summed E-state index contributed by atoms with van der Waals surface area (Å²) < 4.78 is 77.6. The van der Waals surface area contributed by atoms with E-state index < -0.39 is 26.5 Å². The van der Waals surface area contributed by atoms with Crippen LogP contribution in [-0.4, -0.2) is 38.9 Å². The van der Waals surface area contributed by atoms with E-state index in [-0.39, 0.29) is 57.0 Å². The van der Waals surface area contributed by atoms with E-state index >= 15 is 0 Å². The summed E-state index contributed by atoms with van der Waals surface area (Å²) >= 11 is 0. The minimum Gasteiger partial charge on any atom is -0.481 e. The Morgan fingerprint density at radius 2 is 0.782 bits per heavy atom. The molecule has 0 saturated heterocycles. The quantitative estimate of drug-likeness (QED) is 0.0467. The molecule has 4 saturated carbocycles. The molecule has 8 aromatic rings. The van der Waals surface area contributed by atoms with Gasteiger partial charge in [-0.2, -0.15) is 21.6 Å². The molecule has 4 bridgehead atoms. The van der Waals surface area contributed by atoms with Gasteiger partial charge in [0.1, 0.15) is 23.9 Å². The van der Waals surface area contributed by atoms with Crippen LogP contribution in [0.3, 0.4) is 0 Å². The number of ether oxygens (including phenoxy) is 2. The predicted octanol–water partition coefficient (Wildman–Crippen LogP) is 18.7. The summed E-state index contributed by atoms with van der Waals surface area (Å²) in [4.78, 5) is 22.4. The SMILES string of the molecule is C[S+](c1ccc(C(C)(C)C)cc1)c1ccc(C(C)(C)C)cc1.Cc1cc([S+](c2ccccc2)c2ccccc2)cc(C)c1OCC(=O)OC1C2CC3CC(C2)CC1C3.Cc1cc([S+](c2ccccc2)c2ccccc2)cc(C)c1OS(=O)(=O)C(F)(F)F. The Labute approximate surface area is 523 Å². The molecule has 13 heteroatoms. The molecule has 0 N–H and O–H groups in total. The number of carbonyl (C=O) groups is 1. The predicted molar refractivity (Wildman–Crippen MR) is 350 cm³/mol. The van der Waals surface area contributed by atoms with E-state index in [2.05, 4.69) is 187 Å². The lowest BCUT2D eigenvalue weighted by Gasteiger charge is -2.53. The number of alkyl halides is 3. The Bertz CT molecular complexity index is 3490. The highest BCUT2D eigenvalue weighted by Gasteiger charge is 2.51. The Balaban J connectivity index is 0.000000161. The fourth-order valence-electron chi connectivity index (χ4n) is 12.5. The van der Waals surface area contributed by atoms with E-state index in [0.29, 0.717) is 23.0 Å². The lowest BCUT2D eigenvalue weighted by molar-refractivity contribution is -0.172. The van der Waals surface area contributed by atoms with E-state index in [0.717, 1.165) is 43.4 Å². The van der Waals surface area contributed by atoms with Crippen LogP contribution in [-0.2, 0) is 63.2 Å². The standard InChI is InChI=1S/C32H35O3S.C21H18F3O3S2.C21H29S/c1-21-13-29(36(27-9-5-3-6-10-27)28-11-7-4-8-12-28)14-22(2)31(21)34-20-30(33)35-32-25-16-23-15-24(18-25)19-26(32)17-23;1-15-13-19(14-16(2)20(15)27-29(25,26)21(22,23)24)28(17-9-5-3-6-10-17)18-11-7-4-8-12-18;1-20(2,3)16-8-12-18(13-9-16)22(7)19-14-10-17(11-15-19)21(4,5)6/h3-14,23-26,32H,15-20H2,1-2H3;3-14H,1-2H3;8-15H,1-7H3/q3*+1. The summed E-state index contributed by atoms with van der Waals surface area (Å²) in [6, 6.07) is 66.9. The van der Waals surface area contributed by atoms with Crippen molar-refractivity contribution in [1.82, 2.24) is 0 Å². The van der Waals surface area contributed by atoms with Crippen molar-refractivity contribution in [2.75, 3.05) is 12.9 Å². The molecule has 456 valence electrons. The maximum Gasteiger partial charge on any atom is 0.534 e. The first kappa shape index (κ1) is 65.1. The molecular formula is C74H82F3O6S4+3. The third kappa shape index (κ3) is 16.1. The van der Waals surface area contributed by atoms with Crippen LogP contribution in [0.2, 0.25) is 0 Å². The number of rotatable bonds is 14. The molecule has 4 fully saturated rings. The normalized spacial score (nSPS) is 18.1. The van der Waals surface area contributed by atoms with Crippen molar-refractivity contribution in [2.24, 2.45) is 23.7 Å². The maximum atomic E-state index is 12.8. The van der Waals surface area contributed by atoms with Gasteiger partial charge >= 0.3 is 21.6 Å². The van der Waals surface area contributed by atoms with Gasteiger partial charge in [-0.1, -0.05) is 139 Å². The van der Waals surface area contributed by atoms with Crippen LogP contribution in [0.4, 0.5) is 13.2 Å². The summed E-state index contributed by atoms with van der Waals surface area (Å²) in [6.45, 7) is 20.8. The summed E-state index contributed by atoms with van der Waals surface area (Å²) in [5, 5.41) is 0. The average Bonchev–Trinajstić information content (AvgIpc) is 1.56.